The number of nitrogens with zero attached hydrogens (tertiary/aromatic N) is 4. The number of benzene rings is 1. The van der Waals surface area contributed by atoms with Gasteiger partial charge in [0.05, 0.1) is 12.5 Å². The van der Waals surface area contributed by atoms with E-state index in [1.165, 1.54) is 0 Å². The highest BCUT2D eigenvalue weighted by atomic mass is 35.5. The largest absolute Gasteiger partial charge is 0.481 e. The van der Waals surface area contributed by atoms with Crippen molar-refractivity contribution in [3.63, 3.8) is 0 Å². The Hall–Kier alpha value is -1.95. The van der Waals surface area contributed by atoms with E-state index in [4.69, 9.17) is 16.7 Å². The Kier molecular flexibility index (Phi) is 4.34. The Balaban J connectivity index is 2.40. The van der Waals surface area contributed by atoms with E-state index in [0.29, 0.717) is 17.3 Å². The number of aliphatic carboxylic acids is 1. The molecule has 0 bridgehead atoms. The summed E-state index contributed by atoms with van der Waals surface area (Å²) in [6.07, 6.45) is 0.623. The van der Waals surface area contributed by atoms with E-state index in [-0.39, 0.29) is 12.5 Å². The molecule has 6 nitrogen and oxygen atoms in total. The summed E-state index contributed by atoms with van der Waals surface area (Å²) in [5.41, 5.74) is 1.74. The second-order valence-electron chi connectivity index (χ2n) is 4.57. The van der Waals surface area contributed by atoms with Gasteiger partial charge in [-0.3, -0.25) is 4.79 Å². The first-order chi connectivity index (χ1) is 9.52. The molecular formula is C13H15ClN4O2. The number of aryl methyl sites for hydroxylation is 1. The standard InChI is InChI=1S/C13H15ClN4O2/c1-3-10(7-12(19)20)18-13(15-16-17-18)9-4-5-11(14)8(2)6-9/h4-6,10H,3,7H2,1-2H3,(H,19,20). The van der Waals surface area contributed by atoms with Crippen molar-refractivity contribution in [2.45, 2.75) is 32.7 Å². The molecule has 0 spiro atoms. The summed E-state index contributed by atoms with van der Waals surface area (Å²) in [6, 6.07) is 5.22. The Morgan fingerprint density at radius 1 is 1.50 bits per heavy atom. The van der Waals surface area contributed by atoms with Gasteiger partial charge in [0.1, 0.15) is 0 Å². The van der Waals surface area contributed by atoms with Gasteiger partial charge in [-0.25, -0.2) is 4.68 Å². The van der Waals surface area contributed by atoms with Crippen molar-refractivity contribution in [1.82, 2.24) is 20.2 Å². The second-order valence-corrected chi connectivity index (χ2v) is 4.98. The van der Waals surface area contributed by atoms with Gasteiger partial charge in [0.15, 0.2) is 5.82 Å². The van der Waals surface area contributed by atoms with E-state index >= 15 is 0 Å². The van der Waals surface area contributed by atoms with Crippen molar-refractivity contribution in [2.24, 2.45) is 0 Å². The molecule has 0 saturated carbocycles. The fourth-order valence-electron chi connectivity index (χ4n) is 2.02. The number of tetrazole rings is 1. The molecule has 1 heterocycles. The zero-order chi connectivity index (χ0) is 14.7. The van der Waals surface area contributed by atoms with Crippen LogP contribution in [0.1, 0.15) is 31.4 Å². The Labute approximate surface area is 121 Å². The van der Waals surface area contributed by atoms with Gasteiger partial charge in [-0.05, 0) is 47.5 Å². The van der Waals surface area contributed by atoms with Crippen molar-refractivity contribution in [3.05, 3.63) is 28.8 Å². The molecule has 1 aromatic heterocycles. The van der Waals surface area contributed by atoms with Crippen LogP contribution < -0.4 is 0 Å². The highest BCUT2D eigenvalue weighted by molar-refractivity contribution is 6.31. The normalized spacial score (nSPS) is 12.3. The summed E-state index contributed by atoms with van der Waals surface area (Å²) in [4.78, 5) is 10.9. The maximum atomic E-state index is 10.9. The molecule has 0 fully saturated rings. The van der Waals surface area contributed by atoms with Crippen molar-refractivity contribution in [2.75, 3.05) is 0 Å². The van der Waals surface area contributed by atoms with E-state index in [1.54, 1.807) is 10.7 Å². The number of hydrogen-bond acceptors (Lipinski definition) is 4. The maximum Gasteiger partial charge on any atom is 0.305 e. The summed E-state index contributed by atoms with van der Waals surface area (Å²) in [5.74, 6) is -0.316. The van der Waals surface area contributed by atoms with Crippen LogP contribution in [0.15, 0.2) is 18.2 Å². The van der Waals surface area contributed by atoms with Crippen LogP contribution in [0, 0.1) is 6.92 Å². The number of halogens is 1. The van der Waals surface area contributed by atoms with E-state index < -0.39 is 5.97 Å². The van der Waals surface area contributed by atoms with Gasteiger partial charge in [-0.1, -0.05) is 18.5 Å². The minimum Gasteiger partial charge on any atom is -0.481 e. The quantitative estimate of drug-likeness (QED) is 0.917. The predicted molar refractivity (Wildman–Crippen MR) is 74.6 cm³/mol. The minimum absolute atomic E-state index is 0.0128. The number of aromatic nitrogens is 4. The van der Waals surface area contributed by atoms with Gasteiger partial charge in [0.2, 0.25) is 0 Å². The molecule has 0 aliphatic rings. The monoisotopic (exact) mass is 294 g/mol. The first-order valence-electron chi connectivity index (χ1n) is 6.29. The van der Waals surface area contributed by atoms with E-state index in [9.17, 15) is 4.79 Å². The number of rotatable bonds is 5. The Bertz CT molecular complexity index is 627. The van der Waals surface area contributed by atoms with Crippen molar-refractivity contribution in [3.8, 4) is 11.4 Å². The van der Waals surface area contributed by atoms with E-state index in [1.807, 2.05) is 26.0 Å². The van der Waals surface area contributed by atoms with Crippen LogP contribution in [-0.4, -0.2) is 31.3 Å². The lowest BCUT2D eigenvalue weighted by Gasteiger charge is -2.14. The molecule has 0 aliphatic heterocycles. The van der Waals surface area contributed by atoms with Gasteiger partial charge in [0, 0.05) is 10.6 Å². The van der Waals surface area contributed by atoms with Crippen LogP contribution in [0.4, 0.5) is 0 Å². The minimum atomic E-state index is -0.870. The fourth-order valence-corrected chi connectivity index (χ4v) is 2.14. The van der Waals surface area contributed by atoms with Crippen LogP contribution in [0.5, 0.6) is 0 Å². The van der Waals surface area contributed by atoms with Gasteiger partial charge >= 0.3 is 5.97 Å². The molecule has 106 valence electrons. The average Bonchev–Trinajstić information content (AvgIpc) is 2.88. The summed E-state index contributed by atoms with van der Waals surface area (Å²) in [7, 11) is 0. The van der Waals surface area contributed by atoms with Crippen LogP contribution in [0.25, 0.3) is 11.4 Å². The second kappa shape index (κ2) is 6.00. The molecule has 2 rings (SSSR count). The number of carboxylic acids is 1. The highest BCUT2D eigenvalue weighted by Gasteiger charge is 2.20. The molecule has 7 heteroatoms. The third kappa shape index (κ3) is 2.96. The molecule has 0 amide bonds. The highest BCUT2D eigenvalue weighted by Crippen LogP contribution is 2.26. The number of carbonyl (C=O) groups is 1. The molecule has 1 unspecified atom stereocenters. The van der Waals surface area contributed by atoms with Crippen LogP contribution in [-0.2, 0) is 4.79 Å². The van der Waals surface area contributed by atoms with Gasteiger partial charge < -0.3 is 5.11 Å². The summed E-state index contributed by atoms with van der Waals surface area (Å²) in [5, 5.41) is 21.2. The molecule has 1 N–H and O–H groups in total. The molecule has 2 aromatic rings. The molecular weight excluding hydrogens is 280 g/mol. The summed E-state index contributed by atoms with van der Waals surface area (Å²) >= 11 is 6.00. The predicted octanol–water partition coefficient (Wildman–Crippen LogP) is 2.73. The van der Waals surface area contributed by atoms with Crippen LogP contribution in [0.2, 0.25) is 5.02 Å². The van der Waals surface area contributed by atoms with Crippen molar-refractivity contribution in [1.29, 1.82) is 0 Å². The number of hydrogen-bond donors (Lipinski definition) is 1. The van der Waals surface area contributed by atoms with Crippen LogP contribution in [0.3, 0.4) is 0 Å². The van der Waals surface area contributed by atoms with E-state index in [2.05, 4.69) is 15.5 Å². The molecule has 0 radical (unpaired) electrons. The number of carboxylic acid groups (broad SMARTS) is 1. The lowest BCUT2D eigenvalue weighted by Crippen LogP contribution is -2.15. The average molecular weight is 295 g/mol. The third-order valence-electron chi connectivity index (χ3n) is 3.14. The Morgan fingerprint density at radius 2 is 2.25 bits per heavy atom. The maximum absolute atomic E-state index is 10.9. The molecule has 20 heavy (non-hydrogen) atoms. The van der Waals surface area contributed by atoms with Crippen molar-refractivity contribution < 1.29 is 9.90 Å². The molecule has 0 aliphatic carbocycles. The lowest BCUT2D eigenvalue weighted by atomic mass is 10.1. The fraction of sp³-hybridized carbons (Fsp3) is 0.385. The van der Waals surface area contributed by atoms with Crippen molar-refractivity contribution >= 4 is 17.6 Å². The molecule has 1 aromatic carbocycles. The molecule has 1 atom stereocenters. The first kappa shape index (κ1) is 14.5. The smallest absolute Gasteiger partial charge is 0.305 e. The first-order valence-corrected chi connectivity index (χ1v) is 6.67. The summed E-state index contributed by atoms with van der Waals surface area (Å²) < 4.78 is 1.57. The Morgan fingerprint density at radius 3 is 2.85 bits per heavy atom. The molecule has 0 saturated heterocycles. The van der Waals surface area contributed by atoms with Gasteiger partial charge in [-0.2, -0.15) is 0 Å². The van der Waals surface area contributed by atoms with Gasteiger partial charge in [-0.15, -0.1) is 5.10 Å². The SMILES string of the molecule is CCC(CC(=O)O)n1nnnc1-c1ccc(Cl)c(C)c1. The van der Waals surface area contributed by atoms with Gasteiger partial charge in [0.25, 0.3) is 0 Å². The zero-order valence-electron chi connectivity index (χ0n) is 11.2. The lowest BCUT2D eigenvalue weighted by molar-refractivity contribution is -0.138. The topological polar surface area (TPSA) is 80.9 Å². The summed E-state index contributed by atoms with van der Waals surface area (Å²) in [6.45, 7) is 3.81. The third-order valence-corrected chi connectivity index (χ3v) is 3.56. The zero-order valence-corrected chi connectivity index (χ0v) is 12.0. The van der Waals surface area contributed by atoms with E-state index in [0.717, 1.165) is 11.1 Å². The van der Waals surface area contributed by atoms with Crippen LogP contribution >= 0.6 is 11.6 Å².